The minimum Gasteiger partial charge on any atom is -0.327 e. The fourth-order valence-corrected chi connectivity index (χ4v) is 6.09. The Hall–Kier alpha value is -1.64. The second-order valence-electron chi connectivity index (χ2n) is 10.4. The smallest absolute Gasteiger partial charge is 0.00674 e. The molecule has 0 heterocycles. The lowest BCUT2D eigenvalue weighted by molar-refractivity contribution is 0.277. The summed E-state index contributed by atoms with van der Waals surface area (Å²) >= 11 is 0. The number of benzene rings is 2. The second-order valence-corrected chi connectivity index (χ2v) is 10.4. The molecule has 2 nitrogen and oxygen atoms in total. The summed E-state index contributed by atoms with van der Waals surface area (Å²) in [6.07, 6.45) is 12.8. The summed E-state index contributed by atoms with van der Waals surface area (Å²) in [6.45, 7) is 5.64. The molecule has 4 rings (SSSR count). The lowest BCUT2D eigenvalue weighted by atomic mass is 9.75. The zero-order valence-corrected chi connectivity index (χ0v) is 20.4. The standard InChI is InChI=1S/C30H44N2/c1-3-21-32-29-19-17-27(18-20-29)25-11-9-23(10-12-25)22-5-7-24(8-6-22)26-13-15-28(16-14-26)30(31)4-2/h5-12,26-30,32H,3-4,13-21,31H2,1-2H3. The van der Waals surface area contributed by atoms with Crippen LogP contribution in [0.5, 0.6) is 0 Å². The van der Waals surface area contributed by atoms with Crippen LogP contribution in [-0.2, 0) is 0 Å². The van der Waals surface area contributed by atoms with Crippen molar-refractivity contribution >= 4 is 0 Å². The predicted octanol–water partition coefficient (Wildman–Crippen LogP) is 7.39. The van der Waals surface area contributed by atoms with E-state index in [1.165, 1.54) is 80.0 Å². The molecule has 3 N–H and O–H groups in total. The minimum absolute atomic E-state index is 0.397. The average Bonchev–Trinajstić information content (AvgIpc) is 2.87. The van der Waals surface area contributed by atoms with Crippen molar-refractivity contribution in [3.63, 3.8) is 0 Å². The van der Waals surface area contributed by atoms with Gasteiger partial charge in [0.05, 0.1) is 0 Å². The molecule has 1 atom stereocenters. The van der Waals surface area contributed by atoms with Crippen molar-refractivity contribution in [2.75, 3.05) is 6.54 Å². The molecule has 1 unspecified atom stereocenters. The van der Waals surface area contributed by atoms with Gasteiger partial charge in [0.1, 0.15) is 0 Å². The summed E-state index contributed by atoms with van der Waals surface area (Å²) in [6, 6.07) is 20.0. The molecule has 0 spiro atoms. The van der Waals surface area contributed by atoms with Gasteiger partial charge in [-0.3, -0.25) is 0 Å². The molecule has 0 aliphatic heterocycles. The molecule has 174 valence electrons. The fraction of sp³-hybridized carbons (Fsp3) is 0.600. The number of hydrogen-bond donors (Lipinski definition) is 2. The molecule has 0 radical (unpaired) electrons. The van der Waals surface area contributed by atoms with Gasteiger partial charge in [0.15, 0.2) is 0 Å². The maximum Gasteiger partial charge on any atom is 0.00674 e. The molecule has 32 heavy (non-hydrogen) atoms. The molecule has 0 bridgehead atoms. The van der Waals surface area contributed by atoms with Crippen LogP contribution in [0.1, 0.15) is 101 Å². The zero-order chi connectivity index (χ0) is 22.3. The summed E-state index contributed by atoms with van der Waals surface area (Å²) < 4.78 is 0. The summed E-state index contributed by atoms with van der Waals surface area (Å²) in [5.41, 5.74) is 12.0. The first-order chi connectivity index (χ1) is 15.7. The molecule has 2 aromatic carbocycles. The Labute approximate surface area is 196 Å². The Kier molecular flexibility index (Phi) is 8.43. The van der Waals surface area contributed by atoms with Crippen LogP contribution < -0.4 is 11.1 Å². The molecule has 2 aromatic rings. The molecular formula is C30H44N2. The van der Waals surface area contributed by atoms with Crippen molar-refractivity contribution in [1.29, 1.82) is 0 Å². The number of hydrogen-bond acceptors (Lipinski definition) is 2. The Bertz CT molecular complexity index is 794. The highest BCUT2D eigenvalue weighted by molar-refractivity contribution is 5.64. The van der Waals surface area contributed by atoms with Gasteiger partial charge in [-0.25, -0.2) is 0 Å². The van der Waals surface area contributed by atoms with Crippen molar-refractivity contribution in [2.24, 2.45) is 11.7 Å². The maximum atomic E-state index is 6.29. The maximum absolute atomic E-state index is 6.29. The fourth-order valence-electron chi connectivity index (χ4n) is 6.09. The molecule has 0 amide bonds. The van der Waals surface area contributed by atoms with Crippen LogP contribution in [-0.4, -0.2) is 18.6 Å². The van der Waals surface area contributed by atoms with Crippen LogP contribution in [0.3, 0.4) is 0 Å². The Balaban J connectivity index is 1.31. The molecule has 2 aliphatic carbocycles. The van der Waals surface area contributed by atoms with Crippen LogP contribution >= 0.6 is 0 Å². The van der Waals surface area contributed by atoms with E-state index in [0.29, 0.717) is 12.0 Å². The van der Waals surface area contributed by atoms with E-state index in [1.807, 2.05) is 0 Å². The van der Waals surface area contributed by atoms with Crippen LogP contribution in [0.25, 0.3) is 11.1 Å². The van der Waals surface area contributed by atoms with Crippen molar-refractivity contribution in [1.82, 2.24) is 5.32 Å². The van der Waals surface area contributed by atoms with Crippen LogP contribution in [0.2, 0.25) is 0 Å². The second kappa shape index (κ2) is 11.5. The van der Waals surface area contributed by atoms with Crippen molar-refractivity contribution in [3.8, 4) is 11.1 Å². The summed E-state index contributed by atoms with van der Waals surface area (Å²) in [5.74, 6) is 2.19. The van der Waals surface area contributed by atoms with Gasteiger partial charge in [0, 0.05) is 12.1 Å². The van der Waals surface area contributed by atoms with E-state index in [1.54, 1.807) is 0 Å². The largest absolute Gasteiger partial charge is 0.327 e. The zero-order valence-electron chi connectivity index (χ0n) is 20.4. The Morgan fingerprint density at radius 2 is 1.19 bits per heavy atom. The van der Waals surface area contributed by atoms with E-state index < -0.39 is 0 Å². The van der Waals surface area contributed by atoms with E-state index in [9.17, 15) is 0 Å². The molecule has 0 aromatic heterocycles. The van der Waals surface area contributed by atoms with E-state index in [0.717, 1.165) is 30.8 Å². The summed E-state index contributed by atoms with van der Waals surface area (Å²) in [4.78, 5) is 0. The SMILES string of the molecule is CCCNC1CCC(c2ccc(-c3ccc(C4CCC(C(N)CC)CC4)cc3)cc2)CC1. The van der Waals surface area contributed by atoms with E-state index >= 15 is 0 Å². The molecule has 2 heteroatoms. The van der Waals surface area contributed by atoms with E-state index in [2.05, 4.69) is 67.7 Å². The highest BCUT2D eigenvalue weighted by Gasteiger charge is 2.25. The van der Waals surface area contributed by atoms with Crippen molar-refractivity contribution in [2.45, 2.75) is 102 Å². The van der Waals surface area contributed by atoms with Crippen molar-refractivity contribution < 1.29 is 0 Å². The average molecular weight is 433 g/mol. The molecule has 0 saturated heterocycles. The Morgan fingerprint density at radius 1 is 0.719 bits per heavy atom. The molecule has 2 saturated carbocycles. The first-order valence-electron chi connectivity index (χ1n) is 13.4. The van der Waals surface area contributed by atoms with Crippen molar-refractivity contribution in [3.05, 3.63) is 59.7 Å². The van der Waals surface area contributed by atoms with Crippen LogP contribution in [0, 0.1) is 5.92 Å². The lowest BCUT2D eigenvalue weighted by Gasteiger charge is -2.32. The van der Waals surface area contributed by atoms with E-state index in [-0.39, 0.29) is 0 Å². The lowest BCUT2D eigenvalue weighted by Crippen LogP contribution is -2.33. The third-order valence-electron chi connectivity index (χ3n) is 8.36. The first kappa shape index (κ1) is 23.5. The van der Waals surface area contributed by atoms with Gasteiger partial charge in [0.25, 0.3) is 0 Å². The number of nitrogens with two attached hydrogens (primary N) is 1. The first-order valence-corrected chi connectivity index (χ1v) is 13.4. The molecular weight excluding hydrogens is 388 g/mol. The quantitative estimate of drug-likeness (QED) is 0.456. The Morgan fingerprint density at radius 3 is 1.62 bits per heavy atom. The van der Waals surface area contributed by atoms with Gasteiger partial charge in [-0.2, -0.15) is 0 Å². The monoisotopic (exact) mass is 432 g/mol. The summed E-state index contributed by atoms with van der Waals surface area (Å²) in [5, 5.41) is 3.71. The van der Waals surface area contributed by atoms with Gasteiger partial charge in [-0.1, -0.05) is 62.4 Å². The number of nitrogens with one attached hydrogen (secondary N) is 1. The highest BCUT2D eigenvalue weighted by atomic mass is 14.9. The van der Waals surface area contributed by atoms with Gasteiger partial charge in [-0.15, -0.1) is 0 Å². The summed E-state index contributed by atoms with van der Waals surface area (Å²) in [7, 11) is 0. The third kappa shape index (κ3) is 5.83. The minimum atomic E-state index is 0.397. The topological polar surface area (TPSA) is 38.0 Å². The van der Waals surface area contributed by atoms with Gasteiger partial charge >= 0.3 is 0 Å². The third-order valence-corrected chi connectivity index (χ3v) is 8.36. The molecule has 2 aliphatic rings. The normalized spacial score (nSPS) is 27.2. The van der Waals surface area contributed by atoms with Gasteiger partial charge in [-0.05, 0) is 111 Å². The highest BCUT2D eigenvalue weighted by Crippen LogP contribution is 2.38. The predicted molar refractivity (Wildman–Crippen MR) is 138 cm³/mol. The van der Waals surface area contributed by atoms with Crippen LogP contribution in [0.15, 0.2) is 48.5 Å². The number of rotatable bonds is 8. The molecule has 2 fully saturated rings. The van der Waals surface area contributed by atoms with Crippen LogP contribution in [0.4, 0.5) is 0 Å². The van der Waals surface area contributed by atoms with E-state index in [4.69, 9.17) is 5.73 Å². The van der Waals surface area contributed by atoms with Gasteiger partial charge in [0.2, 0.25) is 0 Å². The van der Waals surface area contributed by atoms with Gasteiger partial charge < -0.3 is 11.1 Å².